The van der Waals surface area contributed by atoms with Crippen molar-refractivity contribution in [1.29, 1.82) is 5.26 Å². The van der Waals surface area contributed by atoms with E-state index < -0.39 is 11.0 Å². The molecule has 0 aliphatic rings. The van der Waals surface area contributed by atoms with Crippen molar-refractivity contribution >= 4 is 17.3 Å². The Balaban J connectivity index is 3.00. The third kappa shape index (κ3) is 3.92. The van der Waals surface area contributed by atoms with Crippen LogP contribution in [-0.2, 0) is 4.79 Å². The first-order chi connectivity index (χ1) is 9.94. The van der Waals surface area contributed by atoms with Gasteiger partial charge in [0.05, 0.1) is 16.6 Å². The highest BCUT2D eigenvalue weighted by molar-refractivity contribution is 5.85. The minimum atomic E-state index is -0.587. The van der Waals surface area contributed by atoms with Gasteiger partial charge >= 0.3 is 0 Å². The largest absolute Gasteiger partial charge is 0.368 e. The summed E-state index contributed by atoms with van der Waals surface area (Å²) in [4.78, 5) is 24.3. The second-order valence-electron chi connectivity index (χ2n) is 4.48. The Morgan fingerprint density at radius 2 is 2.10 bits per heavy atom. The molecule has 1 rings (SSSR count). The highest BCUT2D eigenvalue weighted by Crippen LogP contribution is 2.26. The van der Waals surface area contributed by atoms with Gasteiger partial charge in [-0.15, -0.1) is 0 Å². The summed E-state index contributed by atoms with van der Waals surface area (Å²) < 4.78 is 0. The highest BCUT2D eigenvalue weighted by atomic mass is 16.6. The lowest BCUT2D eigenvalue weighted by Gasteiger charge is -2.24. The van der Waals surface area contributed by atoms with Gasteiger partial charge in [0.15, 0.2) is 0 Å². The molecular weight excluding hydrogens is 272 g/mol. The van der Waals surface area contributed by atoms with Crippen LogP contribution in [0.4, 0.5) is 11.4 Å². The molecule has 1 N–H and O–H groups in total. The monoisotopic (exact) mass is 290 g/mol. The van der Waals surface area contributed by atoms with E-state index in [4.69, 9.17) is 5.26 Å². The molecule has 21 heavy (non-hydrogen) atoms. The number of hydrogen-bond acceptors (Lipinski definition) is 5. The zero-order valence-corrected chi connectivity index (χ0v) is 12.3. The highest BCUT2D eigenvalue weighted by Gasteiger charge is 2.22. The SMILES string of the molecule is CCN(CC)C(=O)C(C)Nc1ccc(C#N)cc1[N+](=O)[O-]. The number of rotatable bonds is 6. The average molecular weight is 290 g/mol. The summed E-state index contributed by atoms with van der Waals surface area (Å²) in [6, 6.07) is 5.38. The number of carbonyl (C=O) groups is 1. The summed E-state index contributed by atoms with van der Waals surface area (Å²) >= 11 is 0. The van der Waals surface area contributed by atoms with Gasteiger partial charge in [0.25, 0.3) is 5.69 Å². The van der Waals surface area contributed by atoms with E-state index in [0.717, 1.165) is 0 Å². The lowest BCUT2D eigenvalue weighted by Crippen LogP contribution is -2.41. The van der Waals surface area contributed by atoms with Crippen LogP contribution >= 0.6 is 0 Å². The predicted molar refractivity (Wildman–Crippen MR) is 78.8 cm³/mol. The van der Waals surface area contributed by atoms with Crippen molar-refractivity contribution in [3.63, 3.8) is 0 Å². The Morgan fingerprint density at radius 3 is 2.57 bits per heavy atom. The molecule has 1 aromatic rings. The smallest absolute Gasteiger partial charge is 0.293 e. The fraction of sp³-hybridized carbons (Fsp3) is 0.429. The molecule has 0 saturated heterocycles. The maximum absolute atomic E-state index is 12.2. The standard InChI is InChI=1S/C14H18N4O3/c1-4-17(5-2)14(19)10(3)16-12-7-6-11(9-15)8-13(12)18(20)21/h6-8,10,16H,4-5H2,1-3H3. The van der Waals surface area contributed by atoms with E-state index in [-0.39, 0.29) is 22.8 Å². The first-order valence-electron chi connectivity index (χ1n) is 6.68. The number of nitro benzene ring substituents is 1. The number of hydrogen-bond donors (Lipinski definition) is 1. The Labute approximate surface area is 123 Å². The molecule has 0 aliphatic carbocycles. The molecule has 1 aromatic carbocycles. The fourth-order valence-electron chi connectivity index (χ4n) is 1.98. The Morgan fingerprint density at radius 1 is 1.48 bits per heavy atom. The molecule has 0 aliphatic heterocycles. The van der Waals surface area contributed by atoms with Crippen molar-refractivity contribution < 1.29 is 9.72 Å². The quantitative estimate of drug-likeness (QED) is 0.639. The van der Waals surface area contributed by atoms with Crippen LogP contribution in [0.25, 0.3) is 0 Å². The maximum atomic E-state index is 12.2. The van der Waals surface area contributed by atoms with Crippen molar-refractivity contribution in [2.45, 2.75) is 26.8 Å². The molecule has 0 heterocycles. The van der Waals surface area contributed by atoms with Gasteiger partial charge in [0.2, 0.25) is 5.91 Å². The van der Waals surface area contributed by atoms with Gasteiger partial charge in [-0.25, -0.2) is 0 Å². The molecular formula is C14H18N4O3. The van der Waals surface area contributed by atoms with Gasteiger partial charge in [-0.3, -0.25) is 14.9 Å². The van der Waals surface area contributed by atoms with Crippen LogP contribution in [0.1, 0.15) is 26.3 Å². The number of nitrogens with one attached hydrogen (secondary N) is 1. The van der Waals surface area contributed by atoms with Crippen LogP contribution in [0.15, 0.2) is 18.2 Å². The summed E-state index contributed by atoms with van der Waals surface area (Å²) in [6.45, 7) is 6.56. The van der Waals surface area contributed by atoms with Gasteiger partial charge < -0.3 is 10.2 Å². The van der Waals surface area contributed by atoms with Gasteiger partial charge in [-0.2, -0.15) is 5.26 Å². The molecule has 7 nitrogen and oxygen atoms in total. The third-order valence-corrected chi connectivity index (χ3v) is 3.14. The minimum absolute atomic E-state index is 0.126. The Hall–Kier alpha value is -2.62. The zero-order chi connectivity index (χ0) is 16.0. The normalized spacial score (nSPS) is 11.3. The summed E-state index contributed by atoms with van der Waals surface area (Å²) in [5.74, 6) is -0.126. The molecule has 7 heteroatoms. The van der Waals surface area contributed by atoms with Crippen molar-refractivity contribution in [2.24, 2.45) is 0 Å². The van der Waals surface area contributed by atoms with Crippen LogP contribution in [0.5, 0.6) is 0 Å². The molecule has 0 spiro atoms. The summed E-state index contributed by atoms with van der Waals surface area (Å²) in [5.41, 5.74) is 0.218. The van der Waals surface area contributed by atoms with Crippen LogP contribution in [0, 0.1) is 21.4 Å². The number of amides is 1. The number of benzene rings is 1. The van der Waals surface area contributed by atoms with Crippen LogP contribution in [0.3, 0.4) is 0 Å². The van der Waals surface area contributed by atoms with E-state index in [1.807, 2.05) is 19.9 Å². The number of anilines is 1. The van der Waals surface area contributed by atoms with E-state index >= 15 is 0 Å². The van der Waals surface area contributed by atoms with Crippen LogP contribution in [0.2, 0.25) is 0 Å². The van der Waals surface area contributed by atoms with E-state index in [1.165, 1.54) is 18.2 Å². The summed E-state index contributed by atoms with van der Waals surface area (Å²) in [5, 5.41) is 22.7. The first-order valence-corrected chi connectivity index (χ1v) is 6.68. The van der Waals surface area contributed by atoms with Gasteiger partial charge in [-0.1, -0.05) is 0 Å². The fourth-order valence-corrected chi connectivity index (χ4v) is 1.98. The van der Waals surface area contributed by atoms with Gasteiger partial charge in [0, 0.05) is 19.2 Å². The van der Waals surface area contributed by atoms with E-state index in [2.05, 4.69) is 5.32 Å². The number of nitrogens with zero attached hydrogens (tertiary/aromatic N) is 3. The molecule has 1 unspecified atom stereocenters. The molecule has 0 fully saturated rings. The number of nitriles is 1. The molecule has 0 saturated carbocycles. The Bertz CT molecular complexity index is 576. The number of likely N-dealkylation sites (N-methyl/N-ethyl adjacent to an activating group) is 1. The Kier molecular flexibility index (Phi) is 5.67. The van der Waals surface area contributed by atoms with Crippen molar-refractivity contribution in [3.05, 3.63) is 33.9 Å². The van der Waals surface area contributed by atoms with E-state index in [0.29, 0.717) is 13.1 Å². The lowest BCUT2D eigenvalue weighted by molar-refractivity contribution is -0.384. The van der Waals surface area contributed by atoms with Gasteiger partial charge in [0.1, 0.15) is 11.7 Å². The average Bonchev–Trinajstić information content (AvgIpc) is 2.48. The summed E-state index contributed by atoms with van der Waals surface area (Å²) in [6.07, 6.45) is 0. The van der Waals surface area contributed by atoms with Crippen molar-refractivity contribution in [1.82, 2.24) is 4.90 Å². The molecule has 0 bridgehead atoms. The second-order valence-corrected chi connectivity index (χ2v) is 4.48. The minimum Gasteiger partial charge on any atom is -0.368 e. The maximum Gasteiger partial charge on any atom is 0.293 e. The van der Waals surface area contributed by atoms with E-state index in [1.54, 1.807) is 11.8 Å². The second kappa shape index (κ2) is 7.24. The van der Waals surface area contributed by atoms with Crippen molar-refractivity contribution in [3.8, 4) is 6.07 Å². The first kappa shape index (κ1) is 16.4. The molecule has 1 amide bonds. The van der Waals surface area contributed by atoms with Crippen LogP contribution < -0.4 is 5.32 Å². The molecule has 112 valence electrons. The van der Waals surface area contributed by atoms with Crippen LogP contribution in [-0.4, -0.2) is 34.9 Å². The number of nitro groups is 1. The molecule has 0 radical (unpaired) electrons. The summed E-state index contributed by atoms with van der Waals surface area (Å²) in [7, 11) is 0. The lowest BCUT2D eigenvalue weighted by atomic mass is 10.1. The molecule has 1 atom stereocenters. The van der Waals surface area contributed by atoms with Crippen molar-refractivity contribution in [2.75, 3.05) is 18.4 Å². The molecule has 0 aromatic heterocycles. The number of carbonyl (C=O) groups excluding carboxylic acids is 1. The van der Waals surface area contributed by atoms with E-state index in [9.17, 15) is 14.9 Å². The predicted octanol–water partition coefficient (Wildman–Crippen LogP) is 2.14. The van der Waals surface area contributed by atoms with Gasteiger partial charge in [-0.05, 0) is 32.9 Å². The topological polar surface area (TPSA) is 99.3 Å². The third-order valence-electron chi connectivity index (χ3n) is 3.14. The zero-order valence-electron chi connectivity index (χ0n) is 12.3.